The summed E-state index contributed by atoms with van der Waals surface area (Å²) < 4.78 is 5.09. The molecule has 1 heterocycles. The summed E-state index contributed by atoms with van der Waals surface area (Å²) in [6.07, 6.45) is 1.30. The van der Waals surface area contributed by atoms with Crippen LogP contribution in [0.5, 0.6) is 11.5 Å². The van der Waals surface area contributed by atoms with Crippen molar-refractivity contribution in [2.24, 2.45) is 0 Å². The van der Waals surface area contributed by atoms with Crippen molar-refractivity contribution in [2.75, 3.05) is 0 Å². The van der Waals surface area contributed by atoms with Crippen LogP contribution in [0.3, 0.4) is 0 Å². The predicted octanol–water partition coefficient (Wildman–Crippen LogP) is 2.65. The molecule has 3 rings (SSSR count). The first-order valence-electron chi connectivity index (χ1n) is 5.71. The van der Waals surface area contributed by atoms with Crippen LogP contribution in [0.1, 0.15) is 0 Å². The van der Waals surface area contributed by atoms with Gasteiger partial charge in [0.2, 0.25) is 0 Å². The van der Waals surface area contributed by atoms with Crippen LogP contribution < -0.4 is 4.74 Å². The number of phenolic OH excluding ortho intramolecular Hbond substituents is 1. The van der Waals surface area contributed by atoms with Crippen LogP contribution >= 0.6 is 0 Å². The third-order valence-electron chi connectivity index (χ3n) is 2.67. The van der Waals surface area contributed by atoms with Gasteiger partial charge in [0.15, 0.2) is 0 Å². The summed E-state index contributed by atoms with van der Waals surface area (Å²) in [5, 5.41) is 18.6. The minimum absolute atomic E-state index is 0.0413. The molecule has 5 nitrogen and oxygen atoms in total. The van der Waals surface area contributed by atoms with Crippen molar-refractivity contribution in [2.45, 2.75) is 0 Å². The van der Waals surface area contributed by atoms with Crippen LogP contribution in [0, 0.1) is 0 Å². The van der Waals surface area contributed by atoms with E-state index in [0.29, 0.717) is 11.4 Å². The van der Waals surface area contributed by atoms with Gasteiger partial charge in [0, 0.05) is 6.07 Å². The molecule has 0 aliphatic rings. The number of benzene rings is 2. The molecule has 2 aromatic carbocycles. The number of aromatic nitrogens is 3. The Hall–Kier alpha value is -2.82. The van der Waals surface area contributed by atoms with E-state index in [4.69, 9.17) is 4.74 Å². The highest BCUT2D eigenvalue weighted by molar-refractivity contribution is 5.73. The Morgan fingerprint density at radius 2 is 1.79 bits per heavy atom. The number of rotatable bonds is 3. The molecule has 0 spiro atoms. The number of ether oxygens (including phenoxy) is 1. The van der Waals surface area contributed by atoms with E-state index in [-0.39, 0.29) is 5.75 Å². The molecule has 3 aromatic rings. The summed E-state index contributed by atoms with van der Waals surface area (Å²) in [5.41, 5.74) is 2.04. The summed E-state index contributed by atoms with van der Waals surface area (Å²) in [4.78, 5) is 1.40. The van der Waals surface area contributed by atoms with E-state index in [0.717, 1.165) is 11.0 Å². The van der Waals surface area contributed by atoms with Crippen molar-refractivity contribution in [1.82, 2.24) is 15.0 Å². The van der Waals surface area contributed by atoms with Gasteiger partial charge in [0.25, 0.3) is 0 Å². The van der Waals surface area contributed by atoms with Crippen molar-refractivity contribution >= 4 is 11.0 Å². The first-order chi connectivity index (χ1) is 9.28. The molecule has 0 fully saturated rings. The van der Waals surface area contributed by atoms with Crippen LogP contribution in [0.15, 0.2) is 55.3 Å². The van der Waals surface area contributed by atoms with Crippen LogP contribution in [-0.4, -0.2) is 20.1 Å². The summed E-state index contributed by atoms with van der Waals surface area (Å²) in [6, 6.07) is 12.4. The van der Waals surface area contributed by atoms with Crippen molar-refractivity contribution in [3.05, 3.63) is 55.3 Å². The first kappa shape index (κ1) is 11.3. The maximum atomic E-state index is 9.98. The fourth-order valence-electron chi connectivity index (χ4n) is 1.81. The molecule has 0 atom stereocenters. The molecular formula is C14H11N3O2. The minimum Gasteiger partial charge on any atom is -0.505 e. The third-order valence-corrected chi connectivity index (χ3v) is 2.67. The highest BCUT2D eigenvalue weighted by Crippen LogP contribution is 2.26. The highest BCUT2D eigenvalue weighted by Gasteiger charge is 2.09. The van der Waals surface area contributed by atoms with Crippen LogP contribution in [0.2, 0.25) is 0 Å². The van der Waals surface area contributed by atoms with Gasteiger partial charge in [-0.2, -0.15) is 0 Å². The van der Waals surface area contributed by atoms with Crippen LogP contribution in [0.25, 0.3) is 16.7 Å². The zero-order valence-corrected chi connectivity index (χ0v) is 10.0. The van der Waals surface area contributed by atoms with Crippen molar-refractivity contribution in [3.63, 3.8) is 0 Å². The predicted molar refractivity (Wildman–Crippen MR) is 71.4 cm³/mol. The number of hydrogen-bond donors (Lipinski definition) is 1. The molecule has 0 unspecified atom stereocenters. The Labute approximate surface area is 109 Å². The fraction of sp³-hybridized carbons (Fsp3) is 0. The van der Waals surface area contributed by atoms with Crippen LogP contribution in [-0.2, 0) is 0 Å². The SMILES string of the molecule is C=COc1ccc(-n2nc3ccccc3n2)c(O)c1. The van der Waals surface area contributed by atoms with Gasteiger partial charge in [0.1, 0.15) is 28.2 Å². The maximum Gasteiger partial charge on any atom is 0.146 e. The van der Waals surface area contributed by atoms with Gasteiger partial charge in [-0.15, -0.1) is 15.0 Å². The lowest BCUT2D eigenvalue weighted by molar-refractivity contribution is 0.450. The Morgan fingerprint density at radius 3 is 2.37 bits per heavy atom. The largest absolute Gasteiger partial charge is 0.505 e. The molecule has 0 bridgehead atoms. The van der Waals surface area contributed by atoms with E-state index < -0.39 is 0 Å². The Kier molecular flexibility index (Phi) is 2.64. The van der Waals surface area contributed by atoms with E-state index in [1.54, 1.807) is 12.1 Å². The summed E-state index contributed by atoms with van der Waals surface area (Å²) in [6.45, 7) is 3.46. The summed E-state index contributed by atoms with van der Waals surface area (Å²) in [7, 11) is 0. The van der Waals surface area contributed by atoms with Gasteiger partial charge >= 0.3 is 0 Å². The average Bonchev–Trinajstić information content (AvgIpc) is 2.82. The smallest absolute Gasteiger partial charge is 0.146 e. The fourth-order valence-corrected chi connectivity index (χ4v) is 1.81. The standard InChI is InChI=1S/C14H11N3O2/c1-2-19-10-7-8-13(14(18)9-10)17-15-11-5-3-4-6-12(11)16-17/h2-9,18H,1H2. The van der Waals surface area contributed by atoms with Gasteiger partial charge in [-0.1, -0.05) is 18.7 Å². The number of phenols is 1. The molecule has 0 amide bonds. The number of nitrogens with zero attached hydrogens (tertiary/aromatic N) is 3. The lowest BCUT2D eigenvalue weighted by Crippen LogP contribution is -1.99. The zero-order valence-electron chi connectivity index (χ0n) is 10.0. The van der Waals surface area contributed by atoms with E-state index >= 15 is 0 Å². The summed E-state index contributed by atoms with van der Waals surface area (Å²) >= 11 is 0. The van der Waals surface area contributed by atoms with E-state index in [9.17, 15) is 5.11 Å². The average molecular weight is 253 g/mol. The number of fused-ring (bicyclic) bond motifs is 1. The number of hydrogen-bond acceptors (Lipinski definition) is 4. The van der Waals surface area contributed by atoms with Gasteiger partial charge in [-0.05, 0) is 24.3 Å². The Balaban J connectivity index is 2.08. The molecule has 94 valence electrons. The number of aromatic hydroxyl groups is 1. The Morgan fingerprint density at radius 1 is 1.11 bits per heavy atom. The molecule has 5 heteroatoms. The molecule has 0 saturated carbocycles. The van der Waals surface area contributed by atoms with E-state index in [1.165, 1.54) is 17.1 Å². The van der Waals surface area contributed by atoms with Gasteiger partial charge in [-0.3, -0.25) is 0 Å². The molecular weight excluding hydrogens is 242 g/mol. The van der Waals surface area contributed by atoms with Gasteiger partial charge in [0.05, 0.1) is 6.26 Å². The van der Waals surface area contributed by atoms with E-state index in [2.05, 4.69) is 16.8 Å². The molecule has 0 saturated heterocycles. The van der Waals surface area contributed by atoms with Crippen molar-refractivity contribution < 1.29 is 9.84 Å². The monoisotopic (exact) mass is 253 g/mol. The zero-order chi connectivity index (χ0) is 13.2. The van der Waals surface area contributed by atoms with Crippen LogP contribution in [0.4, 0.5) is 0 Å². The third kappa shape index (κ3) is 2.01. The normalized spacial score (nSPS) is 10.5. The second-order valence-electron chi connectivity index (χ2n) is 3.91. The van der Waals surface area contributed by atoms with Gasteiger partial charge < -0.3 is 9.84 Å². The summed E-state index contributed by atoms with van der Waals surface area (Å²) in [5.74, 6) is 0.549. The molecule has 0 radical (unpaired) electrons. The highest BCUT2D eigenvalue weighted by atomic mass is 16.5. The Bertz CT molecular complexity index is 716. The lowest BCUT2D eigenvalue weighted by atomic mass is 10.3. The lowest BCUT2D eigenvalue weighted by Gasteiger charge is -2.05. The first-order valence-corrected chi connectivity index (χ1v) is 5.71. The maximum absolute atomic E-state index is 9.98. The minimum atomic E-state index is 0.0413. The molecule has 0 aliphatic carbocycles. The topological polar surface area (TPSA) is 60.2 Å². The van der Waals surface area contributed by atoms with Crippen molar-refractivity contribution in [3.8, 4) is 17.2 Å². The van der Waals surface area contributed by atoms with E-state index in [1.807, 2.05) is 24.3 Å². The van der Waals surface area contributed by atoms with Crippen molar-refractivity contribution in [1.29, 1.82) is 0 Å². The second kappa shape index (κ2) is 4.45. The molecule has 1 aromatic heterocycles. The second-order valence-corrected chi connectivity index (χ2v) is 3.91. The van der Waals surface area contributed by atoms with Gasteiger partial charge in [-0.25, -0.2) is 0 Å². The quantitative estimate of drug-likeness (QED) is 0.729. The molecule has 1 N–H and O–H groups in total. The molecule has 19 heavy (non-hydrogen) atoms. The molecule has 0 aliphatic heterocycles.